The summed E-state index contributed by atoms with van der Waals surface area (Å²) in [5.41, 5.74) is 3.01. The van der Waals surface area contributed by atoms with Crippen molar-refractivity contribution in [3.8, 4) is 11.8 Å². The van der Waals surface area contributed by atoms with E-state index in [9.17, 15) is 4.79 Å². The van der Waals surface area contributed by atoms with Crippen molar-refractivity contribution in [2.24, 2.45) is 0 Å². The van der Waals surface area contributed by atoms with Crippen molar-refractivity contribution < 1.29 is 9.21 Å². The lowest BCUT2D eigenvalue weighted by Crippen LogP contribution is -2.33. The van der Waals surface area contributed by atoms with Gasteiger partial charge in [-0.25, -0.2) is 0 Å². The number of para-hydroxylation sites is 1. The van der Waals surface area contributed by atoms with Gasteiger partial charge in [0.05, 0.1) is 0 Å². The zero-order valence-electron chi connectivity index (χ0n) is 15.2. The Morgan fingerprint density at radius 2 is 1.79 bits per heavy atom. The van der Waals surface area contributed by atoms with Crippen molar-refractivity contribution in [3.05, 3.63) is 96.0 Å². The molecule has 0 aliphatic rings. The first-order chi connectivity index (χ1) is 14.2. The zero-order chi connectivity index (χ0) is 20.1. The Labute approximate surface area is 172 Å². The maximum absolute atomic E-state index is 12.4. The Hall–Kier alpha value is -3.95. The standard InChI is InChI=1S/C23H15N3O2S/c27-22(21-14-18-7-1-2-9-20(18)28-21)26-23(29)25-19-8-3-5-16(13-19)10-11-17-6-4-12-24-15-17/h1-9,12-15H,(H2,25,26,27,29). The van der Waals surface area contributed by atoms with E-state index in [1.54, 1.807) is 24.5 Å². The van der Waals surface area contributed by atoms with Crippen LogP contribution in [0.4, 0.5) is 5.69 Å². The van der Waals surface area contributed by atoms with Gasteiger partial charge in [0.15, 0.2) is 10.9 Å². The molecule has 0 saturated heterocycles. The van der Waals surface area contributed by atoms with E-state index in [1.165, 1.54) is 0 Å². The molecule has 140 valence electrons. The second kappa shape index (κ2) is 8.38. The van der Waals surface area contributed by atoms with Crippen LogP contribution in [0, 0.1) is 11.8 Å². The van der Waals surface area contributed by atoms with Gasteiger partial charge in [-0.1, -0.05) is 36.1 Å². The van der Waals surface area contributed by atoms with Crippen LogP contribution in [0.25, 0.3) is 11.0 Å². The number of nitrogens with zero attached hydrogens (tertiary/aromatic N) is 1. The number of anilines is 1. The predicted octanol–water partition coefficient (Wildman–Crippen LogP) is 4.35. The molecule has 0 bridgehead atoms. The molecule has 4 aromatic rings. The number of carbonyl (C=O) groups is 1. The van der Waals surface area contributed by atoms with Gasteiger partial charge in [-0.15, -0.1) is 0 Å². The summed E-state index contributed by atoms with van der Waals surface area (Å²) in [6.07, 6.45) is 3.41. The Bertz CT molecular complexity index is 1220. The van der Waals surface area contributed by atoms with Crippen molar-refractivity contribution >= 4 is 39.9 Å². The lowest BCUT2D eigenvalue weighted by molar-refractivity contribution is 0.0953. The number of aromatic nitrogens is 1. The van der Waals surface area contributed by atoms with E-state index in [2.05, 4.69) is 27.5 Å². The highest BCUT2D eigenvalue weighted by Crippen LogP contribution is 2.18. The van der Waals surface area contributed by atoms with Crippen LogP contribution in [0.1, 0.15) is 21.7 Å². The van der Waals surface area contributed by atoms with Gasteiger partial charge in [0, 0.05) is 34.6 Å². The molecular formula is C23H15N3O2S. The predicted molar refractivity (Wildman–Crippen MR) is 117 cm³/mol. The van der Waals surface area contributed by atoms with Crippen LogP contribution in [0.15, 0.2) is 83.5 Å². The fourth-order valence-electron chi connectivity index (χ4n) is 2.68. The van der Waals surface area contributed by atoms with Crippen LogP contribution < -0.4 is 10.6 Å². The highest BCUT2D eigenvalue weighted by Gasteiger charge is 2.13. The minimum Gasteiger partial charge on any atom is -0.451 e. The molecule has 0 spiro atoms. The first kappa shape index (κ1) is 18.4. The lowest BCUT2D eigenvalue weighted by atomic mass is 10.2. The monoisotopic (exact) mass is 397 g/mol. The van der Waals surface area contributed by atoms with E-state index in [4.69, 9.17) is 16.6 Å². The maximum Gasteiger partial charge on any atom is 0.293 e. The minimum absolute atomic E-state index is 0.174. The second-order valence-electron chi connectivity index (χ2n) is 6.13. The van der Waals surface area contributed by atoms with Crippen LogP contribution in [-0.2, 0) is 0 Å². The van der Waals surface area contributed by atoms with E-state index in [0.717, 1.165) is 22.2 Å². The highest BCUT2D eigenvalue weighted by molar-refractivity contribution is 7.80. The van der Waals surface area contributed by atoms with Crippen LogP contribution in [0.3, 0.4) is 0 Å². The molecule has 0 aliphatic carbocycles. The summed E-state index contributed by atoms with van der Waals surface area (Å²) in [7, 11) is 0. The molecule has 0 atom stereocenters. The smallest absolute Gasteiger partial charge is 0.293 e. The number of benzene rings is 2. The summed E-state index contributed by atoms with van der Waals surface area (Å²) in [6.45, 7) is 0. The molecule has 0 aliphatic heterocycles. The molecule has 0 radical (unpaired) electrons. The van der Waals surface area contributed by atoms with Gasteiger partial charge in [-0.3, -0.25) is 15.1 Å². The molecule has 0 unspecified atom stereocenters. The molecular weight excluding hydrogens is 382 g/mol. The third kappa shape index (κ3) is 4.67. The second-order valence-corrected chi connectivity index (χ2v) is 6.54. The van der Waals surface area contributed by atoms with Crippen molar-refractivity contribution in [2.45, 2.75) is 0 Å². The number of thiocarbonyl (C=S) groups is 1. The lowest BCUT2D eigenvalue weighted by Gasteiger charge is -2.08. The van der Waals surface area contributed by atoms with Gasteiger partial charge in [0.1, 0.15) is 5.58 Å². The molecule has 2 heterocycles. The number of fused-ring (bicyclic) bond motifs is 1. The molecule has 29 heavy (non-hydrogen) atoms. The molecule has 2 aromatic carbocycles. The van der Waals surface area contributed by atoms with Gasteiger partial charge in [0.2, 0.25) is 0 Å². The maximum atomic E-state index is 12.4. The molecule has 2 N–H and O–H groups in total. The Morgan fingerprint density at radius 1 is 0.966 bits per heavy atom. The largest absolute Gasteiger partial charge is 0.451 e. The van der Waals surface area contributed by atoms with Crippen molar-refractivity contribution in [3.63, 3.8) is 0 Å². The van der Waals surface area contributed by atoms with E-state index >= 15 is 0 Å². The number of hydrogen-bond donors (Lipinski definition) is 2. The number of nitrogens with one attached hydrogen (secondary N) is 2. The molecule has 1 amide bonds. The summed E-state index contributed by atoms with van der Waals surface area (Å²) >= 11 is 5.25. The summed E-state index contributed by atoms with van der Waals surface area (Å²) < 4.78 is 5.55. The van der Waals surface area contributed by atoms with Crippen LogP contribution in [0.2, 0.25) is 0 Å². The number of amides is 1. The Morgan fingerprint density at radius 3 is 2.62 bits per heavy atom. The first-order valence-electron chi connectivity index (χ1n) is 8.80. The van der Waals surface area contributed by atoms with Crippen LogP contribution in [-0.4, -0.2) is 16.0 Å². The van der Waals surface area contributed by atoms with E-state index in [0.29, 0.717) is 5.58 Å². The number of rotatable bonds is 2. The van der Waals surface area contributed by atoms with Gasteiger partial charge in [-0.2, -0.15) is 0 Å². The summed E-state index contributed by atoms with van der Waals surface area (Å²) in [5, 5.41) is 6.65. The molecule has 5 nitrogen and oxygen atoms in total. The van der Waals surface area contributed by atoms with Gasteiger partial charge in [-0.05, 0) is 54.7 Å². The average molecular weight is 397 g/mol. The van der Waals surface area contributed by atoms with Gasteiger partial charge in [0.25, 0.3) is 5.91 Å². The zero-order valence-corrected chi connectivity index (χ0v) is 16.0. The highest BCUT2D eigenvalue weighted by atomic mass is 32.1. The quantitative estimate of drug-likeness (QED) is 0.389. The molecule has 0 saturated carbocycles. The van der Waals surface area contributed by atoms with Crippen LogP contribution in [0.5, 0.6) is 0 Å². The molecule has 6 heteroatoms. The Kier molecular flexibility index (Phi) is 5.32. The number of furan rings is 1. The topological polar surface area (TPSA) is 67.2 Å². The average Bonchev–Trinajstić information content (AvgIpc) is 3.18. The number of hydrogen-bond acceptors (Lipinski definition) is 4. The molecule has 2 aromatic heterocycles. The fraction of sp³-hybridized carbons (Fsp3) is 0. The van der Waals surface area contributed by atoms with Gasteiger partial charge >= 0.3 is 0 Å². The normalized spacial score (nSPS) is 10.1. The summed E-state index contributed by atoms with van der Waals surface area (Å²) in [4.78, 5) is 16.4. The fourth-order valence-corrected chi connectivity index (χ4v) is 2.89. The SMILES string of the molecule is O=C(NC(=S)Nc1cccc(C#Cc2cccnc2)c1)c1cc2ccccc2o1. The van der Waals surface area contributed by atoms with E-state index in [1.807, 2.05) is 54.6 Å². The van der Waals surface area contributed by atoms with Crippen molar-refractivity contribution in [1.82, 2.24) is 10.3 Å². The first-order valence-corrected chi connectivity index (χ1v) is 9.21. The number of carbonyl (C=O) groups excluding carboxylic acids is 1. The number of pyridine rings is 1. The third-order valence-corrected chi connectivity index (χ3v) is 4.21. The van der Waals surface area contributed by atoms with E-state index in [-0.39, 0.29) is 10.9 Å². The van der Waals surface area contributed by atoms with Crippen LogP contribution >= 0.6 is 12.2 Å². The summed E-state index contributed by atoms with van der Waals surface area (Å²) in [5.74, 6) is 5.92. The Balaban J connectivity index is 1.42. The third-order valence-electron chi connectivity index (χ3n) is 4.01. The van der Waals surface area contributed by atoms with E-state index < -0.39 is 5.91 Å². The molecule has 0 fully saturated rings. The van der Waals surface area contributed by atoms with Crippen molar-refractivity contribution in [1.29, 1.82) is 0 Å². The molecule has 4 rings (SSSR count). The minimum atomic E-state index is -0.411. The van der Waals surface area contributed by atoms with Gasteiger partial charge < -0.3 is 9.73 Å². The summed E-state index contributed by atoms with van der Waals surface area (Å²) in [6, 6.07) is 20.3. The van der Waals surface area contributed by atoms with Crippen molar-refractivity contribution in [2.75, 3.05) is 5.32 Å².